The van der Waals surface area contributed by atoms with E-state index < -0.39 is 149 Å². The summed E-state index contributed by atoms with van der Waals surface area (Å²) in [6.07, 6.45) is -35.4. The van der Waals surface area contributed by atoms with Crippen molar-refractivity contribution in [1.29, 1.82) is 0 Å². The van der Waals surface area contributed by atoms with Crippen LogP contribution in [0, 0.1) is 0 Å². The Morgan fingerprint density at radius 1 is 0.489 bits per heavy atom. The highest BCUT2D eigenvalue weighted by Crippen LogP contribution is 2.33. The predicted octanol–water partition coefficient (Wildman–Crippen LogP) is -9.75. The Bertz CT molecular complexity index is 916. The number of hydrogen-bond acceptors (Lipinski definition) is 21. The summed E-state index contributed by atoms with van der Waals surface area (Å²) < 4.78 is 37.7. The molecule has 0 amide bonds. The van der Waals surface area contributed by atoms with E-state index in [4.69, 9.17) is 33.2 Å². The molecular weight excluding hydrogens is 624 g/mol. The van der Waals surface area contributed by atoms with Gasteiger partial charge in [0.2, 0.25) is 0 Å². The SMILES string of the molecule is OC[C@@H](O)[C@@H]1O[C@@H](O[C@@H]2[C@H](O)[C@@H](O[C@H]3C(O)O[C@H](CO)[C@@H](O)[C@@H]3O)O[C@H](CO[C@@H]3O[C@H](CO)[C@H](O)[C@H](O)[C@H]3O)[C@H]2O)[C@H](O)[C@H]1O. The van der Waals surface area contributed by atoms with Crippen molar-refractivity contribution < 1.29 is 105 Å². The molecule has 4 saturated heterocycles. The Morgan fingerprint density at radius 2 is 1.02 bits per heavy atom. The van der Waals surface area contributed by atoms with Gasteiger partial charge in [0.05, 0.1) is 26.4 Å². The number of aliphatic hydroxyl groups is 14. The first kappa shape index (κ1) is 37.0. The molecule has 21 nitrogen and oxygen atoms in total. The van der Waals surface area contributed by atoms with Crippen LogP contribution in [0.25, 0.3) is 0 Å². The zero-order valence-electron chi connectivity index (χ0n) is 23.5. The van der Waals surface area contributed by atoms with Crippen molar-refractivity contribution in [3.05, 3.63) is 0 Å². The minimum Gasteiger partial charge on any atom is -0.394 e. The Labute approximate surface area is 254 Å². The van der Waals surface area contributed by atoms with Gasteiger partial charge in [0.25, 0.3) is 0 Å². The summed E-state index contributed by atoms with van der Waals surface area (Å²) in [6, 6.07) is 0. The third-order valence-corrected chi connectivity index (χ3v) is 8.16. The van der Waals surface area contributed by atoms with Crippen molar-refractivity contribution in [3.63, 3.8) is 0 Å². The molecule has 0 spiro atoms. The van der Waals surface area contributed by atoms with Gasteiger partial charge in [-0.05, 0) is 0 Å². The van der Waals surface area contributed by atoms with Crippen LogP contribution >= 0.6 is 0 Å². The average Bonchev–Trinajstić information content (AvgIpc) is 3.31. The molecule has 264 valence electrons. The van der Waals surface area contributed by atoms with Crippen LogP contribution < -0.4 is 0 Å². The van der Waals surface area contributed by atoms with Crippen LogP contribution in [0.5, 0.6) is 0 Å². The maximum atomic E-state index is 11.1. The van der Waals surface area contributed by atoms with Crippen LogP contribution in [-0.4, -0.2) is 221 Å². The molecule has 0 bridgehead atoms. The van der Waals surface area contributed by atoms with E-state index in [2.05, 4.69) is 0 Å². The van der Waals surface area contributed by atoms with E-state index in [1.165, 1.54) is 0 Å². The fourth-order valence-corrected chi connectivity index (χ4v) is 5.44. The van der Waals surface area contributed by atoms with Gasteiger partial charge < -0.3 is 105 Å². The maximum absolute atomic E-state index is 11.1. The second kappa shape index (κ2) is 15.6. The second-order valence-electron chi connectivity index (χ2n) is 11.2. The fraction of sp³-hybridized carbons (Fsp3) is 1.00. The molecule has 0 aromatic rings. The summed E-state index contributed by atoms with van der Waals surface area (Å²) in [5.41, 5.74) is 0. The molecule has 4 aliphatic rings. The van der Waals surface area contributed by atoms with Crippen molar-refractivity contribution in [2.24, 2.45) is 0 Å². The van der Waals surface area contributed by atoms with E-state index in [9.17, 15) is 71.5 Å². The standard InChI is InChI=1S/C24H42O21/c25-1-5(28)18-14(34)16(36)23(43-18)44-19-11(31)8(4-39-22-15(35)12(32)9(29)7(3-27)41-22)42-24(17(19)37)45-20-13(33)10(30)6(2-26)40-21(20)38/h5-38H,1-4H2/t5-,6-,7-,8-,9+,10-,11-,12+,13+,14-,15-,16-,17+,18+,19+,20-,21?,22-,23+,24-/m1/s1. The van der Waals surface area contributed by atoms with Gasteiger partial charge >= 0.3 is 0 Å². The Kier molecular flexibility index (Phi) is 12.8. The van der Waals surface area contributed by atoms with E-state index >= 15 is 0 Å². The van der Waals surface area contributed by atoms with Gasteiger partial charge in [-0.15, -0.1) is 0 Å². The van der Waals surface area contributed by atoms with Crippen LogP contribution in [0.4, 0.5) is 0 Å². The first-order valence-corrected chi connectivity index (χ1v) is 14.1. The lowest BCUT2D eigenvalue weighted by atomic mass is 9.97. The monoisotopic (exact) mass is 666 g/mol. The molecule has 20 atom stereocenters. The lowest BCUT2D eigenvalue weighted by Crippen LogP contribution is -2.65. The van der Waals surface area contributed by atoms with E-state index in [1.807, 2.05) is 0 Å². The molecule has 4 heterocycles. The Hall–Kier alpha value is -0.840. The van der Waals surface area contributed by atoms with Crippen LogP contribution in [0.2, 0.25) is 0 Å². The van der Waals surface area contributed by atoms with Crippen LogP contribution in [-0.2, 0) is 33.2 Å². The van der Waals surface area contributed by atoms with Crippen molar-refractivity contribution >= 4 is 0 Å². The molecule has 4 fully saturated rings. The molecule has 0 aromatic heterocycles. The molecule has 0 radical (unpaired) electrons. The van der Waals surface area contributed by atoms with Gasteiger partial charge in [0.1, 0.15) is 97.7 Å². The summed E-state index contributed by atoms with van der Waals surface area (Å²) >= 11 is 0. The summed E-state index contributed by atoms with van der Waals surface area (Å²) in [5, 5.41) is 142. The van der Waals surface area contributed by atoms with Gasteiger partial charge in [-0.25, -0.2) is 0 Å². The molecule has 0 aliphatic carbocycles. The normalized spacial score (nSPS) is 51.7. The Morgan fingerprint density at radius 3 is 1.64 bits per heavy atom. The molecule has 4 rings (SSSR count). The Balaban J connectivity index is 1.54. The third kappa shape index (κ3) is 7.59. The van der Waals surface area contributed by atoms with Gasteiger partial charge in [-0.3, -0.25) is 0 Å². The van der Waals surface area contributed by atoms with Gasteiger partial charge in [0.15, 0.2) is 25.2 Å². The van der Waals surface area contributed by atoms with Gasteiger partial charge in [0, 0.05) is 0 Å². The highest BCUT2D eigenvalue weighted by atomic mass is 16.8. The smallest absolute Gasteiger partial charge is 0.187 e. The van der Waals surface area contributed by atoms with Crippen molar-refractivity contribution in [2.75, 3.05) is 26.4 Å². The summed E-state index contributed by atoms with van der Waals surface area (Å²) in [6.45, 7) is -3.18. The van der Waals surface area contributed by atoms with Crippen LogP contribution in [0.3, 0.4) is 0 Å². The van der Waals surface area contributed by atoms with Gasteiger partial charge in [-0.2, -0.15) is 0 Å². The molecule has 45 heavy (non-hydrogen) atoms. The maximum Gasteiger partial charge on any atom is 0.187 e. The summed E-state index contributed by atoms with van der Waals surface area (Å²) in [5.74, 6) is 0. The molecule has 21 heteroatoms. The molecule has 0 aromatic carbocycles. The van der Waals surface area contributed by atoms with E-state index in [0.29, 0.717) is 0 Å². The predicted molar refractivity (Wildman–Crippen MR) is 134 cm³/mol. The molecular formula is C24H42O21. The van der Waals surface area contributed by atoms with Gasteiger partial charge in [-0.1, -0.05) is 0 Å². The topological polar surface area (TPSA) is 348 Å². The van der Waals surface area contributed by atoms with Crippen molar-refractivity contribution in [3.8, 4) is 0 Å². The van der Waals surface area contributed by atoms with E-state index in [-0.39, 0.29) is 0 Å². The fourth-order valence-electron chi connectivity index (χ4n) is 5.44. The highest BCUT2D eigenvalue weighted by molar-refractivity contribution is 4.97. The minimum atomic E-state index is -2.05. The molecule has 1 unspecified atom stereocenters. The first-order valence-electron chi connectivity index (χ1n) is 14.1. The molecule has 14 N–H and O–H groups in total. The minimum absolute atomic E-state index is 0.750. The van der Waals surface area contributed by atoms with Crippen LogP contribution in [0.1, 0.15) is 0 Å². The summed E-state index contributed by atoms with van der Waals surface area (Å²) in [4.78, 5) is 0. The highest BCUT2D eigenvalue weighted by Gasteiger charge is 2.55. The van der Waals surface area contributed by atoms with E-state index in [0.717, 1.165) is 0 Å². The number of rotatable bonds is 11. The third-order valence-electron chi connectivity index (χ3n) is 8.16. The number of hydrogen-bond donors (Lipinski definition) is 14. The van der Waals surface area contributed by atoms with Crippen LogP contribution in [0.15, 0.2) is 0 Å². The largest absolute Gasteiger partial charge is 0.394 e. The number of aliphatic hydroxyl groups excluding tert-OH is 14. The second-order valence-corrected chi connectivity index (χ2v) is 11.2. The van der Waals surface area contributed by atoms with Crippen molar-refractivity contribution in [1.82, 2.24) is 0 Å². The van der Waals surface area contributed by atoms with E-state index in [1.54, 1.807) is 0 Å². The van der Waals surface area contributed by atoms with Crippen molar-refractivity contribution in [2.45, 2.75) is 123 Å². The first-order chi connectivity index (χ1) is 21.2. The molecule has 4 aliphatic heterocycles. The molecule has 0 saturated carbocycles. The lowest BCUT2D eigenvalue weighted by molar-refractivity contribution is -0.377. The zero-order valence-corrected chi connectivity index (χ0v) is 23.5. The quantitative estimate of drug-likeness (QED) is 0.0973. The summed E-state index contributed by atoms with van der Waals surface area (Å²) in [7, 11) is 0. The number of ether oxygens (including phenoxy) is 7. The zero-order chi connectivity index (χ0) is 33.3. The lowest BCUT2D eigenvalue weighted by Gasteiger charge is -2.47. The average molecular weight is 667 g/mol.